The van der Waals surface area contributed by atoms with Crippen molar-refractivity contribution in [3.8, 4) is 0 Å². The molecule has 0 aromatic rings. The van der Waals surface area contributed by atoms with Gasteiger partial charge in [0.2, 0.25) is 0 Å². The fourth-order valence-electron chi connectivity index (χ4n) is 4.26. The minimum Gasteiger partial charge on any atom is -0.464 e. The Balaban J connectivity index is 4.05. The molecule has 1 unspecified atom stereocenters. The average Bonchev–Trinajstić information content (AvgIpc) is 2.77. The number of carbonyl (C=O) groups excluding carboxylic acids is 1. The molecule has 0 spiro atoms. The molecule has 186 valence electrons. The summed E-state index contributed by atoms with van der Waals surface area (Å²) >= 11 is 0. The fourth-order valence-corrected chi connectivity index (χ4v) is 4.26. The molecule has 0 fully saturated rings. The third kappa shape index (κ3) is 18.7. The number of ether oxygens (including phenoxy) is 1. The zero-order chi connectivity index (χ0) is 23.0. The Morgan fingerprint density at radius 3 is 1.29 bits per heavy atom. The highest BCUT2D eigenvalue weighted by molar-refractivity contribution is 5.79. The molecule has 1 atom stereocenters. The van der Waals surface area contributed by atoms with Gasteiger partial charge in [-0.15, -0.1) is 0 Å². The van der Waals surface area contributed by atoms with E-state index < -0.39 is 5.60 Å². The number of esters is 1. The molecule has 3 heteroatoms. The van der Waals surface area contributed by atoms with Gasteiger partial charge in [0.1, 0.15) is 0 Å². The van der Waals surface area contributed by atoms with Crippen LogP contribution in [0.15, 0.2) is 0 Å². The lowest BCUT2D eigenvalue weighted by molar-refractivity contribution is -0.167. The number of unbranched alkanes of at least 4 members (excludes halogenated alkanes) is 17. The summed E-state index contributed by atoms with van der Waals surface area (Å²) in [5.41, 5.74) is -1.27. The van der Waals surface area contributed by atoms with Crippen molar-refractivity contribution in [2.45, 2.75) is 168 Å². The first-order valence-electron chi connectivity index (χ1n) is 14.0. The van der Waals surface area contributed by atoms with Gasteiger partial charge in [-0.25, -0.2) is 4.79 Å². The average molecular weight is 441 g/mol. The summed E-state index contributed by atoms with van der Waals surface area (Å²) in [5, 5.41) is 11.1. The van der Waals surface area contributed by atoms with Gasteiger partial charge >= 0.3 is 5.97 Å². The highest BCUT2D eigenvalue weighted by atomic mass is 16.5. The Morgan fingerprint density at radius 1 is 0.548 bits per heavy atom. The monoisotopic (exact) mass is 440 g/mol. The summed E-state index contributed by atoms with van der Waals surface area (Å²) < 4.78 is 5.54. The molecule has 0 heterocycles. The Kier molecular flexibility index (Phi) is 22.2. The maximum atomic E-state index is 12.7. The number of carbonyl (C=O) groups is 1. The highest BCUT2D eigenvalue weighted by Crippen LogP contribution is 2.25. The van der Waals surface area contributed by atoms with E-state index >= 15 is 0 Å². The van der Waals surface area contributed by atoms with Crippen molar-refractivity contribution in [3.05, 3.63) is 0 Å². The van der Waals surface area contributed by atoms with E-state index in [0.717, 1.165) is 38.5 Å². The second-order valence-corrected chi connectivity index (χ2v) is 9.68. The van der Waals surface area contributed by atoms with Crippen LogP contribution in [-0.4, -0.2) is 23.3 Å². The molecule has 0 saturated carbocycles. The highest BCUT2D eigenvalue weighted by Gasteiger charge is 2.36. The molecule has 0 rings (SSSR count). The van der Waals surface area contributed by atoms with E-state index in [4.69, 9.17) is 4.74 Å². The molecular formula is C28H56O3. The summed E-state index contributed by atoms with van der Waals surface area (Å²) in [7, 11) is 0. The maximum absolute atomic E-state index is 12.7. The third-order valence-corrected chi connectivity index (χ3v) is 6.50. The Bertz CT molecular complexity index is 382. The van der Waals surface area contributed by atoms with Crippen LogP contribution in [0.1, 0.15) is 162 Å². The standard InChI is InChI=1S/C28H56O3/c1-4-7-10-13-15-16-17-18-20-23-26-31-27(29)28(30,24-21-12-9-6-3)25-22-19-14-11-8-5-2/h30H,4-26H2,1-3H3. The maximum Gasteiger partial charge on any atom is 0.338 e. The molecule has 0 aliphatic rings. The number of hydrogen-bond donors (Lipinski definition) is 1. The van der Waals surface area contributed by atoms with Crippen molar-refractivity contribution in [2.75, 3.05) is 6.61 Å². The summed E-state index contributed by atoms with van der Waals surface area (Å²) in [4.78, 5) is 12.7. The quantitative estimate of drug-likeness (QED) is 0.120. The van der Waals surface area contributed by atoms with Crippen LogP contribution < -0.4 is 0 Å². The zero-order valence-electron chi connectivity index (χ0n) is 21.5. The molecule has 0 bridgehead atoms. The number of hydrogen-bond acceptors (Lipinski definition) is 3. The van der Waals surface area contributed by atoms with Crippen molar-refractivity contribution in [1.29, 1.82) is 0 Å². The molecule has 1 N–H and O–H groups in total. The first kappa shape index (κ1) is 30.4. The van der Waals surface area contributed by atoms with E-state index in [1.807, 2.05) is 0 Å². The minimum absolute atomic E-state index is 0.367. The van der Waals surface area contributed by atoms with E-state index in [-0.39, 0.29) is 5.97 Å². The van der Waals surface area contributed by atoms with Crippen LogP contribution in [0, 0.1) is 0 Å². The van der Waals surface area contributed by atoms with E-state index in [2.05, 4.69) is 20.8 Å². The topological polar surface area (TPSA) is 46.5 Å². The van der Waals surface area contributed by atoms with Crippen molar-refractivity contribution in [3.63, 3.8) is 0 Å². The first-order valence-corrected chi connectivity index (χ1v) is 14.0. The SMILES string of the molecule is CCCCCCCCCCCCOC(=O)C(O)(CCCCCC)CCCCCCCC. The third-order valence-electron chi connectivity index (χ3n) is 6.50. The van der Waals surface area contributed by atoms with Crippen LogP contribution >= 0.6 is 0 Å². The molecule has 0 aliphatic carbocycles. The van der Waals surface area contributed by atoms with E-state index in [1.165, 1.54) is 89.9 Å². The van der Waals surface area contributed by atoms with Crippen molar-refractivity contribution in [2.24, 2.45) is 0 Å². The van der Waals surface area contributed by atoms with Crippen LogP contribution in [0.4, 0.5) is 0 Å². The Hall–Kier alpha value is -0.570. The Morgan fingerprint density at radius 2 is 0.871 bits per heavy atom. The molecule has 0 aromatic carbocycles. The lowest BCUT2D eigenvalue weighted by Crippen LogP contribution is -2.40. The van der Waals surface area contributed by atoms with Gasteiger partial charge in [0.25, 0.3) is 0 Å². The predicted molar refractivity (Wildman–Crippen MR) is 135 cm³/mol. The molecule has 0 aliphatic heterocycles. The number of aliphatic hydroxyl groups is 1. The summed E-state index contributed by atoms with van der Waals surface area (Å²) in [6, 6.07) is 0. The first-order chi connectivity index (χ1) is 15.1. The predicted octanol–water partition coefficient (Wildman–Crippen LogP) is 8.90. The largest absolute Gasteiger partial charge is 0.464 e. The van der Waals surface area contributed by atoms with Gasteiger partial charge in [-0.05, 0) is 32.1 Å². The Labute approximate surface area is 195 Å². The molecule has 0 radical (unpaired) electrons. The number of rotatable bonds is 24. The van der Waals surface area contributed by atoms with Gasteiger partial charge in [0.15, 0.2) is 5.60 Å². The lowest BCUT2D eigenvalue weighted by atomic mass is 9.89. The van der Waals surface area contributed by atoms with Crippen LogP contribution in [0.3, 0.4) is 0 Å². The second kappa shape index (κ2) is 22.6. The van der Waals surface area contributed by atoms with Crippen LogP contribution in [0.2, 0.25) is 0 Å². The summed E-state index contributed by atoms with van der Waals surface area (Å²) in [6.07, 6.45) is 25.1. The van der Waals surface area contributed by atoms with E-state index in [9.17, 15) is 9.90 Å². The van der Waals surface area contributed by atoms with Crippen molar-refractivity contribution >= 4 is 5.97 Å². The van der Waals surface area contributed by atoms with Crippen LogP contribution in [0.5, 0.6) is 0 Å². The van der Waals surface area contributed by atoms with Crippen molar-refractivity contribution < 1.29 is 14.6 Å². The van der Waals surface area contributed by atoms with Gasteiger partial charge in [0, 0.05) is 0 Å². The van der Waals surface area contributed by atoms with Gasteiger partial charge in [-0.3, -0.25) is 0 Å². The second-order valence-electron chi connectivity index (χ2n) is 9.68. The smallest absolute Gasteiger partial charge is 0.338 e. The fraction of sp³-hybridized carbons (Fsp3) is 0.964. The summed E-state index contributed by atoms with van der Waals surface area (Å²) in [6.45, 7) is 7.13. The minimum atomic E-state index is -1.27. The van der Waals surface area contributed by atoms with Gasteiger partial charge in [-0.1, -0.05) is 130 Å². The van der Waals surface area contributed by atoms with Gasteiger partial charge < -0.3 is 9.84 Å². The van der Waals surface area contributed by atoms with Gasteiger partial charge in [0.05, 0.1) is 6.61 Å². The van der Waals surface area contributed by atoms with E-state index in [1.54, 1.807) is 0 Å². The molecule has 3 nitrogen and oxygen atoms in total. The molecule has 0 aromatic heterocycles. The summed E-state index contributed by atoms with van der Waals surface area (Å²) in [5.74, 6) is -0.367. The van der Waals surface area contributed by atoms with Crippen molar-refractivity contribution in [1.82, 2.24) is 0 Å². The molecule has 31 heavy (non-hydrogen) atoms. The molecule has 0 saturated heterocycles. The normalized spacial score (nSPS) is 13.3. The van der Waals surface area contributed by atoms with Crippen LogP contribution in [-0.2, 0) is 9.53 Å². The molecular weight excluding hydrogens is 384 g/mol. The zero-order valence-corrected chi connectivity index (χ0v) is 21.5. The molecule has 0 amide bonds. The van der Waals surface area contributed by atoms with Gasteiger partial charge in [-0.2, -0.15) is 0 Å². The lowest BCUT2D eigenvalue weighted by Gasteiger charge is -2.26. The van der Waals surface area contributed by atoms with E-state index in [0.29, 0.717) is 19.4 Å². The van der Waals surface area contributed by atoms with Crippen LogP contribution in [0.25, 0.3) is 0 Å².